The molecule has 0 aromatic rings. The maximum atomic E-state index is 2.41. The molecule has 0 bridgehead atoms. The summed E-state index contributed by atoms with van der Waals surface area (Å²) in [6, 6.07) is 0. The lowest BCUT2D eigenvalue weighted by atomic mass is 10.1. The van der Waals surface area contributed by atoms with Gasteiger partial charge < -0.3 is 9.96 Å². The third-order valence-corrected chi connectivity index (χ3v) is 4.23. The Labute approximate surface area is 128 Å². The normalized spacial score (nSPS) is 11.4. The number of hydrogen-bond acceptors (Lipinski definition) is 1. The van der Waals surface area contributed by atoms with Gasteiger partial charge in [-0.2, -0.15) is 0 Å². The third-order valence-electron chi connectivity index (χ3n) is 4.23. The second-order valence-corrected chi connectivity index (χ2v) is 6.92. The first-order valence-electron chi connectivity index (χ1n) is 8.94. The van der Waals surface area contributed by atoms with Gasteiger partial charge in [-0.25, -0.2) is 0 Å². The van der Waals surface area contributed by atoms with Crippen LogP contribution in [0.2, 0.25) is 0 Å². The van der Waals surface area contributed by atoms with Gasteiger partial charge in [-0.05, 0) is 25.7 Å². The lowest BCUT2D eigenvalue weighted by molar-refractivity contribution is -0.890. The minimum Gasteiger partial charge on any atom is -0.870 e. The number of hydrogen-bond donors (Lipinski definition) is 0. The van der Waals surface area contributed by atoms with Crippen molar-refractivity contribution in [3.05, 3.63) is 0 Å². The zero-order valence-corrected chi connectivity index (χ0v) is 14.8. The van der Waals surface area contributed by atoms with E-state index in [9.17, 15) is 0 Å². The molecule has 0 fully saturated rings. The first kappa shape index (κ1) is 22.2. The standard InChI is InChI=1S/C18H40N.H2O/c1-5-7-9-11-13-15-17-19(3,4)18-16-14-12-10-8-6-2;/h5-18H2,1-4H3;1H2/q+1;/p-1. The fourth-order valence-corrected chi connectivity index (χ4v) is 2.75. The van der Waals surface area contributed by atoms with Crippen molar-refractivity contribution >= 4 is 0 Å². The van der Waals surface area contributed by atoms with Crippen LogP contribution in [0.3, 0.4) is 0 Å². The van der Waals surface area contributed by atoms with Crippen molar-refractivity contribution in [3.8, 4) is 0 Å². The largest absolute Gasteiger partial charge is 0.870 e. The molecule has 0 aromatic heterocycles. The van der Waals surface area contributed by atoms with Crippen molar-refractivity contribution < 1.29 is 9.96 Å². The third kappa shape index (κ3) is 16.0. The minimum absolute atomic E-state index is 0. The molecule has 0 aliphatic heterocycles. The van der Waals surface area contributed by atoms with Gasteiger partial charge in [-0.3, -0.25) is 0 Å². The Kier molecular flexibility index (Phi) is 17.0. The van der Waals surface area contributed by atoms with E-state index in [1.165, 1.54) is 94.6 Å². The van der Waals surface area contributed by atoms with E-state index >= 15 is 0 Å². The van der Waals surface area contributed by atoms with E-state index in [1.807, 2.05) is 0 Å². The molecule has 0 saturated heterocycles. The van der Waals surface area contributed by atoms with Crippen LogP contribution in [0.4, 0.5) is 0 Å². The summed E-state index contributed by atoms with van der Waals surface area (Å²) in [5.41, 5.74) is 0. The van der Waals surface area contributed by atoms with Crippen LogP contribution >= 0.6 is 0 Å². The molecular formula is C18H41NO. The van der Waals surface area contributed by atoms with E-state index in [4.69, 9.17) is 0 Å². The van der Waals surface area contributed by atoms with Gasteiger partial charge in [-0.15, -0.1) is 0 Å². The lowest BCUT2D eigenvalue weighted by Gasteiger charge is -2.30. The molecule has 124 valence electrons. The number of unbranched alkanes of at least 4 members (excludes halogenated alkanes) is 10. The first-order chi connectivity index (χ1) is 9.12. The van der Waals surface area contributed by atoms with Gasteiger partial charge in [0.25, 0.3) is 0 Å². The highest BCUT2D eigenvalue weighted by Crippen LogP contribution is 2.11. The molecule has 1 N–H and O–H groups in total. The Balaban J connectivity index is 0. The Bertz CT molecular complexity index is 162. The van der Waals surface area contributed by atoms with Crippen molar-refractivity contribution in [2.75, 3.05) is 27.2 Å². The molecular weight excluding hydrogens is 246 g/mol. The second kappa shape index (κ2) is 15.3. The van der Waals surface area contributed by atoms with Crippen molar-refractivity contribution in [1.29, 1.82) is 0 Å². The van der Waals surface area contributed by atoms with E-state index in [-0.39, 0.29) is 5.48 Å². The molecule has 2 nitrogen and oxygen atoms in total. The molecule has 0 amide bonds. The molecule has 0 spiro atoms. The van der Waals surface area contributed by atoms with Crippen LogP contribution in [-0.2, 0) is 0 Å². The fourth-order valence-electron chi connectivity index (χ4n) is 2.75. The van der Waals surface area contributed by atoms with Gasteiger partial charge in [0.1, 0.15) is 0 Å². The molecule has 0 radical (unpaired) electrons. The molecule has 0 rings (SSSR count). The molecule has 0 atom stereocenters. The average Bonchev–Trinajstić information content (AvgIpc) is 2.38. The summed E-state index contributed by atoms with van der Waals surface area (Å²) in [7, 11) is 4.83. The quantitative estimate of drug-likeness (QED) is 0.302. The van der Waals surface area contributed by atoms with Gasteiger partial charge in [0, 0.05) is 0 Å². The minimum atomic E-state index is 0. The van der Waals surface area contributed by atoms with Crippen LogP contribution in [-0.4, -0.2) is 37.1 Å². The summed E-state index contributed by atoms with van der Waals surface area (Å²) in [5, 5.41) is 0. The van der Waals surface area contributed by atoms with Gasteiger partial charge in [0.05, 0.1) is 27.2 Å². The van der Waals surface area contributed by atoms with Crippen LogP contribution in [0.25, 0.3) is 0 Å². The Morgan fingerprint density at radius 3 is 1.15 bits per heavy atom. The second-order valence-electron chi connectivity index (χ2n) is 6.92. The van der Waals surface area contributed by atoms with Crippen LogP contribution in [0.15, 0.2) is 0 Å². The Morgan fingerprint density at radius 1 is 0.500 bits per heavy atom. The van der Waals surface area contributed by atoms with Crippen LogP contribution < -0.4 is 0 Å². The topological polar surface area (TPSA) is 30.0 Å². The SMILES string of the molecule is CCCCCCCC[N+](C)(C)CCCCCCCC.[OH-]. The van der Waals surface area contributed by atoms with Crippen molar-refractivity contribution in [2.45, 2.75) is 90.9 Å². The summed E-state index contributed by atoms with van der Waals surface area (Å²) >= 11 is 0. The van der Waals surface area contributed by atoms with E-state index in [0.29, 0.717) is 0 Å². The van der Waals surface area contributed by atoms with Crippen LogP contribution in [0.1, 0.15) is 90.9 Å². The fraction of sp³-hybridized carbons (Fsp3) is 1.00. The van der Waals surface area contributed by atoms with Crippen molar-refractivity contribution in [1.82, 2.24) is 0 Å². The maximum absolute atomic E-state index is 2.41. The number of rotatable bonds is 14. The molecule has 0 aromatic carbocycles. The molecule has 0 unspecified atom stereocenters. The summed E-state index contributed by atoms with van der Waals surface area (Å²) < 4.78 is 1.24. The van der Waals surface area contributed by atoms with Gasteiger partial charge in [0.15, 0.2) is 0 Å². The Morgan fingerprint density at radius 2 is 0.800 bits per heavy atom. The molecule has 0 heterocycles. The lowest BCUT2D eigenvalue weighted by Crippen LogP contribution is -2.41. The average molecular weight is 288 g/mol. The highest BCUT2D eigenvalue weighted by Gasteiger charge is 2.13. The molecule has 0 aliphatic rings. The molecule has 20 heavy (non-hydrogen) atoms. The number of nitrogens with zero attached hydrogens (tertiary/aromatic N) is 1. The smallest absolute Gasteiger partial charge is 0.0782 e. The Hall–Kier alpha value is -0.0800. The van der Waals surface area contributed by atoms with E-state index < -0.39 is 0 Å². The summed E-state index contributed by atoms with van der Waals surface area (Å²) in [4.78, 5) is 0. The highest BCUT2D eigenvalue weighted by molar-refractivity contribution is 4.46. The van der Waals surface area contributed by atoms with Crippen LogP contribution in [0.5, 0.6) is 0 Å². The van der Waals surface area contributed by atoms with Crippen molar-refractivity contribution in [2.24, 2.45) is 0 Å². The zero-order valence-electron chi connectivity index (χ0n) is 14.8. The predicted octanol–water partition coefficient (Wildman–Crippen LogP) is 5.61. The molecule has 0 saturated carbocycles. The van der Waals surface area contributed by atoms with Crippen LogP contribution in [0, 0.1) is 0 Å². The summed E-state index contributed by atoms with van der Waals surface area (Å²) in [6.45, 7) is 7.34. The van der Waals surface area contributed by atoms with E-state index in [0.717, 1.165) is 0 Å². The molecule has 0 aliphatic carbocycles. The highest BCUT2D eigenvalue weighted by atomic mass is 16.0. The zero-order chi connectivity index (χ0) is 14.4. The predicted molar refractivity (Wildman–Crippen MR) is 90.5 cm³/mol. The van der Waals surface area contributed by atoms with E-state index in [1.54, 1.807) is 0 Å². The molecule has 2 heteroatoms. The van der Waals surface area contributed by atoms with Gasteiger partial charge in [-0.1, -0.05) is 65.2 Å². The first-order valence-corrected chi connectivity index (χ1v) is 8.94. The van der Waals surface area contributed by atoms with Crippen molar-refractivity contribution in [3.63, 3.8) is 0 Å². The van der Waals surface area contributed by atoms with E-state index in [2.05, 4.69) is 27.9 Å². The summed E-state index contributed by atoms with van der Waals surface area (Å²) in [5.74, 6) is 0. The van der Waals surface area contributed by atoms with Gasteiger partial charge in [0.2, 0.25) is 0 Å². The maximum Gasteiger partial charge on any atom is 0.0782 e. The summed E-state index contributed by atoms with van der Waals surface area (Å²) in [6.07, 6.45) is 17.1. The number of quaternary nitrogens is 1. The van der Waals surface area contributed by atoms with Gasteiger partial charge >= 0.3 is 0 Å². The monoisotopic (exact) mass is 287 g/mol.